The maximum atomic E-state index is 13.2. The van der Waals surface area contributed by atoms with Crippen LogP contribution in [0.2, 0.25) is 0 Å². The van der Waals surface area contributed by atoms with E-state index in [9.17, 15) is 13.2 Å². The number of rotatable bonds is 7. The topological polar surface area (TPSA) is 78.9 Å². The fourth-order valence-corrected chi connectivity index (χ4v) is 5.96. The Bertz CT molecular complexity index is 1290. The van der Waals surface area contributed by atoms with E-state index in [1.54, 1.807) is 12.1 Å². The Kier molecular flexibility index (Phi) is 7.15. The van der Waals surface area contributed by atoms with E-state index in [1.165, 1.54) is 28.5 Å². The van der Waals surface area contributed by atoms with Gasteiger partial charge in [0.15, 0.2) is 0 Å². The van der Waals surface area contributed by atoms with Gasteiger partial charge in [0.05, 0.1) is 11.0 Å². The van der Waals surface area contributed by atoms with Crippen molar-refractivity contribution in [3.05, 3.63) is 77.9 Å². The molecule has 1 atom stereocenters. The third-order valence-corrected chi connectivity index (χ3v) is 8.27. The highest BCUT2D eigenvalue weighted by Gasteiger charge is 2.25. The van der Waals surface area contributed by atoms with Crippen LogP contribution in [0.15, 0.2) is 71.6 Å². The molecule has 2 aliphatic heterocycles. The van der Waals surface area contributed by atoms with Crippen molar-refractivity contribution >= 4 is 26.7 Å². The molecule has 184 valence electrons. The molecule has 1 amide bonds. The van der Waals surface area contributed by atoms with E-state index in [-0.39, 0.29) is 23.5 Å². The van der Waals surface area contributed by atoms with Crippen molar-refractivity contribution in [1.29, 1.82) is 0 Å². The maximum absolute atomic E-state index is 13.2. The van der Waals surface area contributed by atoms with E-state index in [2.05, 4.69) is 52.1 Å². The lowest BCUT2D eigenvalue weighted by atomic mass is 10.0. The van der Waals surface area contributed by atoms with E-state index < -0.39 is 10.0 Å². The molecule has 1 N–H and O–H groups in total. The van der Waals surface area contributed by atoms with Crippen LogP contribution in [-0.4, -0.2) is 69.6 Å². The van der Waals surface area contributed by atoms with Gasteiger partial charge in [-0.3, -0.25) is 9.69 Å². The highest BCUT2D eigenvalue weighted by molar-refractivity contribution is 7.89. The molecular formula is C27H31N3O4S. The summed E-state index contributed by atoms with van der Waals surface area (Å²) in [5, 5.41) is 2.50. The number of benzene rings is 3. The van der Waals surface area contributed by atoms with Crippen molar-refractivity contribution in [3.63, 3.8) is 0 Å². The summed E-state index contributed by atoms with van der Waals surface area (Å²) in [7, 11) is -3.70. The highest BCUT2D eigenvalue weighted by Crippen LogP contribution is 2.21. The fraction of sp³-hybridized carbons (Fsp3) is 0.370. The SMILES string of the molecule is O=C(c1cccc(S(=O)(=O)NC[C@@H]2CCCO2)c1)N1CCN(Cc2cccc3ccccc23)CC1. The number of hydrogen-bond acceptors (Lipinski definition) is 5. The predicted octanol–water partition coefficient (Wildman–Crippen LogP) is 3.26. The van der Waals surface area contributed by atoms with Gasteiger partial charge in [-0.1, -0.05) is 48.5 Å². The fourth-order valence-electron chi connectivity index (χ4n) is 4.85. The monoisotopic (exact) mass is 493 g/mol. The Morgan fingerprint density at radius 3 is 2.54 bits per heavy atom. The Hall–Kier alpha value is -2.78. The Morgan fingerprint density at radius 1 is 0.971 bits per heavy atom. The minimum atomic E-state index is -3.70. The van der Waals surface area contributed by atoms with Crippen LogP contribution in [0.1, 0.15) is 28.8 Å². The van der Waals surface area contributed by atoms with Gasteiger partial charge in [-0.2, -0.15) is 0 Å². The number of sulfonamides is 1. The zero-order valence-corrected chi connectivity index (χ0v) is 20.5. The predicted molar refractivity (Wildman–Crippen MR) is 136 cm³/mol. The average molecular weight is 494 g/mol. The molecule has 0 bridgehead atoms. The zero-order chi connectivity index (χ0) is 24.3. The van der Waals surface area contributed by atoms with Crippen molar-refractivity contribution in [2.24, 2.45) is 0 Å². The van der Waals surface area contributed by atoms with E-state index in [4.69, 9.17) is 4.74 Å². The van der Waals surface area contributed by atoms with Gasteiger partial charge in [-0.25, -0.2) is 13.1 Å². The van der Waals surface area contributed by atoms with Crippen LogP contribution < -0.4 is 4.72 Å². The van der Waals surface area contributed by atoms with Crippen LogP contribution in [0.5, 0.6) is 0 Å². The van der Waals surface area contributed by atoms with E-state index in [1.807, 2.05) is 4.90 Å². The van der Waals surface area contributed by atoms with Crippen LogP contribution in [0.25, 0.3) is 10.8 Å². The van der Waals surface area contributed by atoms with Gasteiger partial charge < -0.3 is 9.64 Å². The molecule has 3 aromatic carbocycles. The summed E-state index contributed by atoms with van der Waals surface area (Å²) in [5.41, 5.74) is 1.68. The molecule has 0 radical (unpaired) electrons. The first-order valence-corrected chi connectivity index (χ1v) is 13.7. The summed E-state index contributed by atoms with van der Waals surface area (Å²) in [6.45, 7) is 4.53. The van der Waals surface area contributed by atoms with Crippen LogP contribution in [-0.2, 0) is 21.3 Å². The van der Waals surface area contributed by atoms with Crippen molar-refractivity contribution in [2.45, 2.75) is 30.4 Å². The summed E-state index contributed by atoms with van der Waals surface area (Å²) in [4.78, 5) is 17.4. The van der Waals surface area contributed by atoms with Crippen LogP contribution in [0.4, 0.5) is 0 Å². The molecule has 8 heteroatoms. The Balaban J connectivity index is 1.20. The molecule has 0 unspecified atom stereocenters. The minimum absolute atomic E-state index is 0.0836. The van der Waals surface area contributed by atoms with Gasteiger partial charge in [-0.05, 0) is 47.4 Å². The van der Waals surface area contributed by atoms with Gasteiger partial charge in [0.25, 0.3) is 5.91 Å². The number of carbonyl (C=O) groups excluding carboxylic acids is 1. The van der Waals surface area contributed by atoms with Crippen molar-refractivity contribution in [2.75, 3.05) is 39.3 Å². The van der Waals surface area contributed by atoms with Crippen molar-refractivity contribution in [1.82, 2.24) is 14.5 Å². The van der Waals surface area contributed by atoms with Gasteiger partial charge in [-0.15, -0.1) is 0 Å². The first-order valence-electron chi connectivity index (χ1n) is 12.2. The smallest absolute Gasteiger partial charge is 0.253 e. The molecule has 3 aromatic rings. The van der Waals surface area contributed by atoms with Gasteiger partial charge in [0.2, 0.25) is 10.0 Å². The molecule has 0 saturated carbocycles. The van der Waals surface area contributed by atoms with E-state index >= 15 is 0 Å². The summed E-state index contributed by atoms with van der Waals surface area (Å²) >= 11 is 0. The molecule has 35 heavy (non-hydrogen) atoms. The third kappa shape index (κ3) is 5.56. The second kappa shape index (κ2) is 10.5. The Morgan fingerprint density at radius 2 is 1.74 bits per heavy atom. The van der Waals surface area contributed by atoms with Gasteiger partial charge in [0, 0.05) is 51.4 Å². The summed E-state index contributed by atoms with van der Waals surface area (Å²) in [6, 6.07) is 21.1. The molecule has 2 fully saturated rings. The molecule has 5 rings (SSSR count). The molecule has 2 aliphatic rings. The quantitative estimate of drug-likeness (QED) is 0.547. The number of hydrogen-bond donors (Lipinski definition) is 1. The second-order valence-electron chi connectivity index (χ2n) is 9.22. The highest BCUT2D eigenvalue weighted by atomic mass is 32.2. The maximum Gasteiger partial charge on any atom is 0.253 e. The van der Waals surface area contributed by atoms with E-state index in [0.717, 1.165) is 32.5 Å². The summed E-state index contributed by atoms with van der Waals surface area (Å²) in [6.07, 6.45) is 1.72. The average Bonchev–Trinajstić information content (AvgIpc) is 3.42. The molecule has 2 heterocycles. The van der Waals surface area contributed by atoms with Crippen LogP contribution in [0.3, 0.4) is 0 Å². The largest absolute Gasteiger partial charge is 0.377 e. The Labute approximate surface area is 206 Å². The lowest BCUT2D eigenvalue weighted by Gasteiger charge is -2.35. The second-order valence-corrected chi connectivity index (χ2v) is 11.0. The number of piperazine rings is 1. The zero-order valence-electron chi connectivity index (χ0n) is 19.7. The van der Waals surface area contributed by atoms with Gasteiger partial charge >= 0.3 is 0 Å². The number of nitrogens with one attached hydrogen (secondary N) is 1. The van der Waals surface area contributed by atoms with Crippen molar-refractivity contribution < 1.29 is 17.9 Å². The number of ether oxygens (including phenoxy) is 1. The lowest BCUT2D eigenvalue weighted by Crippen LogP contribution is -2.48. The molecule has 0 aliphatic carbocycles. The molecule has 7 nitrogen and oxygen atoms in total. The first-order chi connectivity index (χ1) is 17.0. The van der Waals surface area contributed by atoms with Crippen LogP contribution in [0, 0.1) is 0 Å². The first kappa shape index (κ1) is 23.9. The number of fused-ring (bicyclic) bond motifs is 1. The molecule has 2 saturated heterocycles. The standard InChI is InChI=1S/C27H31N3O4S/c31-27(22-8-4-11-25(18-22)35(32,33)28-19-24-10-5-17-34-24)30-15-13-29(14-16-30)20-23-9-3-7-21-6-1-2-12-26(21)23/h1-4,6-9,11-12,18,24,28H,5,10,13-17,19-20H2/t24-/m0/s1. The van der Waals surface area contributed by atoms with Crippen LogP contribution >= 0.6 is 0 Å². The van der Waals surface area contributed by atoms with Gasteiger partial charge in [0.1, 0.15) is 0 Å². The third-order valence-electron chi connectivity index (χ3n) is 6.85. The minimum Gasteiger partial charge on any atom is -0.377 e. The summed E-state index contributed by atoms with van der Waals surface area (Å²) in [5.74, 6) is -0.133. The summed E-state index contributed by atoms with van der Waals surface area (Å²) < 4.78 is 33.6. The van der Waals surface area contributed by atoms with Crippen molar-refractivity contribution in [3.8, 4) is 0 Å². The number of amides is 1. The van der Waals surface area contributed by atoms with E-state index in [0.29, 0.717) is 25.3 Å². The molecule has 0 aromatic heterocycles. The lowest BCUT2D eigenvalue weighted by molar-refractivity contribution is 0.0628. The molecular weight excluding hydrogens is 462 g/mol. The number of nitrogens with zero attached hydrogens (tertiary/aromatic N) is 2. The normalized spacial score (nSPS) is 19.3. The number of carbonyl (C=O) groups is 1. The molecule has 0 spiro atoms.